The maximum absolute atomic E-state index is 11.4. The highest BCUT2D eigenvalue weighted by molar-refractivity contribution is 7.14. The molecule has 6 aromatic rings. The van der Waals surface area contributed by atoms with E-state index in [2.05, 4.69) is 136 Å². The van der Waals surface area contributed by atoms with Gasteiger partial charge in [0.2, 0.25) is 0 Å². The first kappa shape index (κ1) is 37.5. The lowest BCUT2D eigenvalue weighted by Gasteiger charge is -2.33. The Morgan fingerprint density at radius 3 is 1.58 bits per heavy atom. The van der Waals surface area contributed by atoms with E-state index >= 15 is 0 Å². The van der Waals surface area contributed by atoms with Crippen molar-refractivity contribution in [1.82, 2.24) is 0 Å². The summed E-state index contributed by atoms with van der Waals surface area (Å²) in [6.07, 6.45) is 7.21. The largest absolute Gasteiger partial charge is 0.477 e. The summed E-state index contributed by atoms with van der Waals surface area (Å²) >= 11 is 1.28. The minimum absolute atomic E-state index is 0.0731. The number of hydrogen-bond donors (Lipinski definition) is 1. The van der Waals surface area contributed by atoms with Crippen LogP contribution in [0.1, 0.15) is 90.9 Å². The molecule has 0 unspecified atom stereocenters. The second-order valence-corrected chi connectivity index (χ2v) is 16.0. The van der Waals surface area contributed by atoms with E-state index in [1.54, 1.807) is 18.2 Å². The van der Waals surface area contributed by atoms with Crippen LogP contribution in [0.3, 0.4) is 0 Å². The summed E-state index contributed by atoms with van der Waals surface area (Å²) < 4.78 is 0. The monoisotopic (exact) mass is 761 g/mol. The summed E-state index contributed by atoms with van der Waals surface area (Å²) in [7, 11) is 0. The summed E-state index contributed by atoms with van der Waals surface area (Å²) in [5.41, 5.74) is 14.9. The Morgan fingerprint density at radius 1 is 0.614 bits per heavy atom. The van der Waals surface area contributed by atoms with E-state index < -0.39 is 5.97 Å². The second-order valence-electron chi connectivity index (χ2n) is 14.9. The SMILES string of the molecule is CCC1(CC)c2ccccc2-c2ccc(N(c3ccc(/C=C(\C#N)c4ccc(/C=C(/C#N)C(=O)O)s4)cc3)c3ccc4c(c3)C(CC)(CC)c3ccccc3-4)cc21. The van der Waals surface area contributed by atoms with Gasteiger partial charge in [-0.05, 0) is 136 Å². The van der Waals surface area contributed by atoms with Gasteiger partial charge in [-0.15, -0.1) is 11.3 Å². The third-order valence-corrected chi connectivity index (χ3v) is 13.6. The molecule has 0 aliphatic heterocycles. The molecule has 2 aliphatic carbocycles. The number of anilines is 3. The van der Waals surface area contributed by atoms with Crippen molar-refractivity contribution in [2.45, 2.75) is 64.2 Å². The highest BCUT2D eigenvalue weighted by Crippen LogP contribution is 2.56. The second kappa shape index (κ2) is 14.9. The van der Waals surface area contributed by atoms with Crippen molar-refractivity contribution in [3.8, 4) is 34.4 Å². The molecule has 1 aromatic heterocycles. The van der Waals surface area contributed by atoms with Crippen molar-refractivity contribution < 1.29 is 9.90 Å². The zero-order valence-electron chi connectivity index (χ0n) is 32.6. The number of hydrogen-bond acceptors (Lipinski definition) is 5. The summed E-state index contributed by atoms with van der Waals surface area (Å²) in [6, 6.07) is 47.7. The Kier molecular flexibility index (Phi) is 9.78. The van der Waals surface area contributed by atoms with Crippen LogP contribution in [0.2, 0.25) is 0 Å². The average molecular weight is 762 g/mol. The molecule has 0 atom stereocenters. The van der Waals surface area contributed by atoms with Crippen LogP contribution in [-0.4, -0.2) is 11.1 Å². The van der Waals surface area contributed by atoms with E-state index in [1.807, 2.05) is 18.2 Å². The van der Waals surface area contributed by atoms with Crippen LogP contribution in [0.4, 0.5) is 17.1 Å². The summed E-state index contributed by atoms with van der Waals surface area (Å²) in [4.78, 5) is 15.1. The van der Waals surface area contributed by atoms with Crippen LogP contribution in [0.25, 0.3) is 40.0 Å². The lowest BCUT2D eigenvalue weighted by Crippen LogP contribution is -2.24. The van der Waals surface area contributed by atoms with Gasteiger partial charge in [-0.2, -0.15) is 10.5 Å². The fourth-order valence-corrected chi connectivity index (χ4v) is 10.5. The van der Waals surface area contributed by atoms with Gasteiger partial charge in [-0.1, -0.05) is 100 Å². The zero-order valence-corrected chi connectivity index (χ0v) is 33.5. The fraction of sp³-hybridized carbons (Fsp3) is 0.196. The van der Waals surface area contributed by atoms with Crippen LogP contribution < -0.4 is 4.90 Å². The molecular weight excluding hydrogens is 719 g/mol. The number of nitrogens with zero attached hydrogens (tertiary/aromatic N) is 3. The Hall–Kier alpha value is -6.47. The number of benzene rings is 5. The van der Waals surface area contributed by atoms with Crippen LogP contribution in [0.15, 0.2) is 127 Å². The van der Waals surface area contributed by atoms with Crippen molar-refractivity contribution in [2.75, 3.05) is 4.90 Å². The van der Waals surface area contributed by atoms with Gasteiger partial charge < -0.3 is 10.0 Å². The Balaban J connectivity index is 1.25. The molecule has 280 valence electrons. The third kappa shape index (κ3) is 6.00. The minimum atomic E-state index is -1.28. The topological polar surface area (TPSA) is 88.1 Å². The molecule has 6 heteroatoms. The van der Waals surface area contributed by atoms with E-state index in [1.165, 1.54) is 61.9 Å². The van der Waals surface area contributed by atoms with Crippen LogP contribution in [-0.2, 0) is 15.6 Å². The Bertz CT molecular complexity index is 2580. The van der Waals surface area contributed by atoms with Crippen molar-refractivity contribution in [1.29, 1.82) is 10.5 Å². The van der Waals surface area contributed by atoms with Crippen LogP contribution in [0.5, 0.6) is 0 Å². The smallest absolute Gasteiger partial charge is 0.346 e. The van der Waals surface area contributed by atoms with Gasteiger partial charge in [0.25, 0.3) is 0 Å². The summed E-state index contributed by atoms with van der Waals surface area (Å²) in [5, 5.41) is 28.7. The van der Waals surface area contributed by atoms with Crippen molar-refractivity contribution >= 4 is 52.1 Å². The number of carbonyl (C=O) groups is 1. The predicted molar refractivity (Wildman–Crippen MR) is 234 cm³/mol. The molecule has 0 saturated heterocycles. The van der Waals surface area contributed by atoms with Gasteiger partial charge in [-0.3, -0.25) is 0 Å². The molecule has 0 spiro atoms. The van der Waals surface area contributed by atoms with E-state index in [0.717, 1.165) is 48.3 Å². The first-order valence-electron chi connectivity index (χ1n) is 19.7. The highest BCUT2D eigenvalue weighted by Gasteiger charge is 2.42. The average Bonchev–Trinajstić information content (AvgIpc) is 3.92. The summed E-state index contributed by atoms with van der Waals surface area (Å²) in [5.74, 6) is -1.28. The minimum Gasteiger partial charge on any atom is -0.477 e. The number of rotatable bonds is 11. The first-order valence-corrected chi connectivity index (χ1v) is 20.5. The van der Waals surface area contributed by atoms with Crippen molar-refractivity contribution in [3.63, 3.8) is 0 Å². The predicted octanol–water partition coefficient (Wildman–Crippen LogP) is 13.4. The molecule has 57 heavy (non-hydrogen) atoms. The van der Waals surface area contributed by atoms with E-state index in [9.17, 15) is 20.4 Å². The number of thiophene rings is 1. The molecule has 2 aliphatic rings. The number of nitriles is 2. The quantitative estimate of drug-likeness (QED) is 0.105. The van der Waals surface area contributed by atoms with Crippen molar-refractivity contribution in [2.24, 2.45) is 0 Å². The molecule has 0 saturated carbocycles. The van der Waals surface area contributed by atoms with Gasteiger partial charge in [0.1, 0.15) is 17.7 Å². The van der Waals surface area contributed by atoms with Gasteiger partial charge in [-0.25, -0.2) is 4.79 Å². The Morgan fingerprint density at radius 2 is 1.11 bits per heavy atom. The number of aliphatic carboxylic acids is 1. The summed E-state index contributed by atoms with van der Waals surface area (Å²) in [6.45, 7) is 9.23. The molecule has 5 aromatic carbocycles. The normalized spacial score (nSPS) is 14.5. The van der Waals surface area contributed by atoms with Gasteiger partial charge in [0.05, 0.1) is 5.57 Å². The van der Waals surface area contributed by atoms with Crippen LogP contribution >= 0.6 is 11.3 Å². The maximum atomic E-state index is 11.4. The molecule has 5 nitrogen and oxygen atoms in total. The number of allylic oxidation sites excluding steroid dienone is 1. The Labute approximate surface area is 339 Å². The van der Waals surface area contributed by atoms with Gasteiger partial charge in [0.15, 0.2) is 0 Å². The molecule has 0 fully saturated rings. The molecule has 0 bridgehead atoms. The standard InChI is InChI=1S/C51H43N3O2S/c1-5-50(6-2)44-15-11-9-13-40(44)42-24-21-37(29-46(42)50)54(38-22-25-43-41-14-10-12-16-45(41)51(7-3,8-4)47(43)30-38)36-19-17-33(18-20-36)27-34(31-52)48-26-23-39(57-48)28-35(32-53)49(55)56/h9-30H,5-8H2,1-4H3,(H,55,56)/b34-27+,35-28-. The van der Waals surface area contributed by atoms with Crippen molar-refractivity contribution in [3.05, 3.63) is 164 Å². The number of carboxylic acid groups (broad SMARTS) is 1. The van der Waals surface area contributed by atoms with E-state index in [-0.39, 0.29) is 16.4 Å². The van der Waals surface area contributed by atoms with Crippen LogP contribution in [0, 0.1) is 22.7 Å². The molecule has 1 N–H and O–H groups in total. The lowest BCUT2D eigenvalue weighted by molar-refractivity contribution is -0.132. The fourth-order valence-electron chi connectivity index (χ4n) is 9.54. The third-order valence-electron chi connectivity index (χ3n) is 12.5. The molecule has 0 amide bonds. The maximum Gasteiger partial charge on any atom is 0.346 e. The molecule has 1 heterocycles. The van der Waals surface area contributed by atoms with E-state index in [4.69, 9.17) is 0 Å². The lowest BCUT2D eigenvalue weighted by atomic mass is 9.73. The number of fused-ring (bicyclic) bond motifs is 6. The highest BCUT2D eigenvalue weighted by atomic mass is 32.1. The molecule has 8 rings (SSSR count). The van der Waals surface area contributed by atoms with Gasteiger partial charge in [0, 0.05) is 37.6 Å². The zero-order chi connectivity index (χ0) is 39.9. The molecular formula is C51H43N3O2S. The number of carboxylic acids is 1. The first-order chi connectivity index (χ1) is 27.7. The molecule has 0 radical (unpaired) electrons. The van der Waals surface area contributed by atoms with E-state index in [0.29, 0.717) is 15.3 Å². The van der Waals surface area contributed by atoms with Gasteiger partial charge >= 0.3 is 5.97 Å².